The average Bonchev–Trinajstić information content (AvgIpc) is 3.58. The van der Waals surface area contributed by atoms with Crippen LogP contribution in [0.5, 0.6) is 11.5 Å². The van der Waals surface area contributed by atoms with Crippen molar-refractivity contribution in [2.45, 2.75) is 0 Å². The van der Waals surface area contributed by atoms with Crippen molar-refractivity contribution < 1.29 is 4.74 Å². The maximum Gasteiger partial charge on any atom is 0.137 e. The van der Waals surface area contributed by atoms with Gasteiger partial charge in [-0.1, -0.05) is 30.3 Å². The first kappa shape index (κ1) is 21.1. The van der Waals surface area contributed by atoms with Crippen LogP contribution < -0.4 is 4.74 Å². The van der Waals surface area contributed by atoms with Gasteiger partial charge in [-0.05, 0) is 60.2 Å². The van der Waals surface area contributed by atoms with Crippen molar-refractivity contribution >= 4 is 21.8 Å². The molecule has 0 spiro atoms. The van der Waals surface area contributed by atoms with Crippen LogP contribution in [0.2, 0.25) is 0 Å². The molecule has 37 heavy (non-hydrogen) atoms. The van der Waals surface area contributed by atoms with Gasteiger partial charge in [-0.15, -0.1) is 0 Å². The van der Waals surface area contributed by atoms with Crippen LogP contribution >= 0.6 is 0 Å². The maximum absolute atomic E-state index is 6.34. The van der Waals surface area contributed by atoms with Gasteiger partial charge in [0.05, 0.1) is 22.9 Å². The number of ether oxygens (including phenoxy) is 1. The SMILES string of the molecule is c1ccc(-n2c3ccccc3c3ccc(Oc4cccc(-n5cc(-c6ccncc6)cn5)c4)cc32)nc1. The van der Waals surface area contributed by atoms with Gasteiger partial charge in [0.15, 0.2) is 0 Å². The summed E-state index contributed by atoms with van der Waals surface area (Å²) >= 11 is 0. The molecule has 3 aromatic carbocycles. The predicted molar refractivity (Wildman–Crippen MR) is 145 cm³/mol. The van der Waals surface area contributed by atoms with Gasteiger partial charge in [0.2, 0.25) is 0 Å². The fourth-order valence-electron chi connectivity index (χ4n) is 4.73. The van der Waals surface area contributed by atoms with E-state index in [-0.39, 0.29) is 0 Å². The summed E-state index contributed by atoms with van der Waals surface area (Å²) in [6.45, 7) is 0. The fourth-order valence-corrected chi connectivity index (χ4v) is 4.73. The van der Waals surface area contributed by atoms with Crippen LogP contribution in [0.4, 0.5) is 0 Å². The van der Waals surface area contributed by atoms with E-state index in [1.807, 2.05) is 83.9 Å². The van der Waals surface area contributed by atoms with Crippen LogP contribution in [-0.2, 0) is 0 Å². The van der Waals surface area contributed by atoms with Crippen molar-refractivity contribution in [2.24, 2.45) is 0 Å². The molecule has 0 unspecified atom stereocenters. The molecule has 0 amide bonds. The standard InChI is InChI=1S/C31H21N5O/c1-2-9-29-27(8-1)28-12-11-26(19-30(28)36(29)31-10-3-4-15-33-31)37-25-7-5-6-24(18-25)35-21-23(20-34-35)22-13-16-32-17-14-22/h1-21H. The first-order chi connectivity index (χ1) is 18.3. The first-order valence-electron chi connectivity index (χ1n) is 12.0. The second-order valence-corrected chi connectivity index (χ2v) is 8.73. The number of fused-ring (bicyclic) bond motifs is 3. The highest BCUT2D eigenvalue weighted by Crippen LogP contribution is 2.35. The molecule has 0 aliphatic carbocycles. The largest absolute Gasteiger partial charge is 0.457 e. The maximum atomic E-state index is 6.34. The monoisotopic (exact) mass is 479 g/mol. The third kappa shape index (κ3) is 3.81. The number of benzene rings is 3. The van der Waals surface area contributed by atoms with Crippen LogP contribution in [0, 0.1) is 0 Å². The molecule has 6 heteroatoms. The molecule has 6 nitrogen and oxygen atoms in total. The Balaban J connectivity index is 1.26. The summed E-state index contributed by atoms with van der Waals surface area (Å²) in [7, 11) is 0. The molecule has 0 saturated carbocycles. The van der Waals surface area contributed by atoms with Gasteiger partial charge in [-0.25, -0.2) is 9.67 Å². The third-order valence-electron chi connectivity index (χ3n) is 6.44. The number of pyridine rings is 2. The molecule has 0 radical (unpaired) electrons. The van der Waals surface area contributed by atoms with Gasteiger partial charge in [0, 0.05) is 53.3 Å². The normalized spacial score (nSPS) is 11.2. The molecule has 0 atom stereocenters. The Morgan fingerprint density at radius 3 is 2.35 bits per heavy atom. The highest BCUT2D eigenvalue weighted by molar-refractivity contribution is 6.09. The van der Waals surface area contributed by atoms with E-state index in [4.69, 9.17) is 4.74 Å². The summed E-state index contributed by atoms with van der Waals surface area (Å²) in [6.07, 6.45) is 9.24. The average molecular weight is 480 g/mol. The number of aromatic nitrogens is 5. The lowest BCUT2D eigenvalue weighted by atomic mass is 10.1. The van der Waals surface area contributed by atoms with Gasteiger partial charge in [0.25, 0.3) is 0 Å². The molecular weight excluding hydrogens is 458 g/mol. The van der Waals surface area contributed by atoms with E-state index in [9.17, 15) is 0 Å². The summed E-state index contributed by atoms with van der Waals surface area (Å²) < 4.78 is 10.4. The number of hydrogen-bond donors (Lipinski definition) is 0. The zero-order chi connectivity index (χ0) is 24.6. The Labute approximate surface area is 213 Å². The van der Waals surface area contributed by atoms with E-state index in [0.29, 0.717) is 0 Å². The highest BCUT2D eigenvalue weighted by Gasteiger charge is 2.14. The Morgan fingerprint density at radius 2 is 1.46 bits per heavy atom. The predicted octanol–water partition coefficient (Wildman–Crippen LogP) is 7.22. The number of nitrogens with zero attached hydrogens (tertiary/aromatic N) is 5. The van der Waals surface area contributed by atoms with Crippen LogP contribution in [0.15, 0.2) is 128 Å². The van der Waals surface area contributed by atoms with Gasteiger partial charge >= 0.3 is 0 Å². The summed E-state index contributed by atoms with van der Waals surface area (Å²) in [5.74, 6) is 2.36. The summed E-state index contributed by atoms with van der Waals surface area (Å²) in [5, 5.41) is 6.89. The van der Waals surface area contributed by atoms with Crippen LogP contribution in [-0.4, -0.2) is 24.3 Å². The van der Waals surface area contributed by atoms with Crippen LogP contribution in [0.1, 0.15) is 0 Å². The molecule has 4 aromatic heterocycles. The fraction of sp³-hybridized carbons (Fsp3) is 0. The van der Waals surface area contributed by atoms with Crippen molar-refractivity contribution in [2.75, 3.05) is 0 Å². The van der Waals surface area contributed by atoms with E-state index in [2.05, 4.69) is 56.0 Å². The Morgan fingerprint density at radius 1 is 0.622 bits per heavy atom. The minimum Gasteiger partial charge on any atom is -0.457 e. The lowest BCUT2D eigenvalue weighted by molar-refractivity contribution is 0.483. The highest BCUT2D eigenvalue weighted by atomic mass is 16.5. The third-order valence-corrected chi connectivity index (χ3v) is 6.44. The lowest BCUT2D eigenvalue weighted by Gasteiger charge is -2.10. The number of rotatable bonds is 5. The zero-order valence-electron chi connectivity index (χ0n) is 19.8. The van der Waals surface area contributed by atoms with Crippen LogP contribution in [0.3, 0.4) is 0 Å². The van der Waals surface area contributed by atoms with Crippen molar-refractivity contribution in [3.63, 3.8) is 0 Å². The molecule has 7 aromatic rings. The molecule has 0 aliphatic rings. The molecular formula is C31H21N5O. The van der Waals surface area contributed by atoms with Crippen molar-refractivity contribution in [3.05, 3.63) is 128 Å². The minimum atomic E-state index is 0.735. The second kappa shape index (κ2) is 8.77. The topological polar surface area (TPSA) is 57.8 Å². The lowest BCUT2D eigenvalue weighted by Crippen LogP contribution is -1.96. The number of para-hydroxylation sites is 1. The minimum absolute atomic E-state index is 0.735. The molecule has 176 valence electrons. The smallest absolute Gasteiger partial charge is 0.137 e. The van der Waals surface area contributed by atoms with Gasteiger partial charge in [-0.3, -0.25) is 9.55 Å². The van der Waals surface area contributed by atoms with E-state index < -0.39 is 0 Å². The zero-order valence-corrected chi connectivity index (χ0v) is 19.8. The van der Waals surface area contributed by atoms with E-state index in [1.165, 1.54) is 5.39 Å². The van der Waals surface area contributed by atoms with E-state index in [0.717, 1.165) is 50.6 Å². The second-order valence-electron chi connectivity index (χ2n) is 8.73. The van der Waals surface area contributed by atoms with Gasteiger partial charge in [-0.2, -0.15) is 5.10 Å². The summed E-state index contributed by atoms with van der Waals surface area (Å²) in [6, 6.07) is 32.4. The first-order valence-corrected chi connectivity index (χ1v) is 12.0. The summed E-state index contributed by atoms with van der Waals surface area (Å²) in [5.41, 5.74) is 5.18. The number of hydrogen-bond acceptors (Lipinski definition) is 4. The Kier molecular flexibility index (Phi) is 5.00. The van der Waals surface area contributed by atoms with Gasteiger partial charge < -0.3 is 4.74 Å². The van der Waals surface area contributed by atoms with Crippen molar-refractivity contribution in [1.82, 2.24) is 24.3 Å². The molecule has 0 bridgehead atoms. The van der Waals surface area contributed by atoms with Crippen LogP contribution in [0.25, 0.3) is 44.4 Å². The Hall–Kier alpha value is -5.23. The molecule has 4 heterocycles. The Bertz CT molecular complexity index is 1860. The molecule has 0 N–H and O–H groups in total. The molecule has 0 saturated heterocycles. The quantitative estimate of drug-likeness (QED) is 0.262. The van der Waals surface area contributed by atoms with E-state index in [1.54, 1.807) is 12.4 Å². The van der Waals surface area contributed by atoms with Crippen molar-refractivity contribution in [3.8, 4) is 34.1 Å². The van der Waals surface area contributed by atoms with Crippen molar-refractivity contribution in [1.29, 1.82) is 0 Å². The molecule has 0 aliphatic heterocycles. The van der Waals surface area contributed by atoms with E-state index >= 15 is 0 Å². The van der Waals surface area contributed by atoms with Gasteiger partial charge in [0.1, 0.15) is 17.3 Å². The summed E-state index contributed by atoms with van der Waals surface area (Å²) in [4.78, 5) is 8.71. The molecule has 7 rings (SSSR count). The molecule has 0 fully saturated rings.